The molecule has 7 heteroatoms. The molecular formula is C17H23N3O3S. The van der Waals surface area contributed by atoms with Crippen LogP contribution in [0.3, 0.4) is 0 Å². The Morgan fingerprint density at radius 1 is 1.33 bits per heavy atom. The average molecular weight is 349 g/mol. The average Bonchev–Trinajstić information content (AvgIpc) is 2.96. The van der Waals surface area contributed by atoms with Gasteiger partial charge in [-0.1, -0.05) is 18.2 Å². The molecule has 2 aromatic rings. The van der Waals surface area contributed by atoms with Gasteiger partial charge >= 0.3 is 0 Å². The number of hydrogen-bond acceptors (Lipinski definition) is 3. The second-order valence-corrected chi connectivity index (χ2v) is 8.23. The van der Waals surface area contributed by atoms with E-state index < -0.39 is 10.0 Å². The first-order valence-corrected chi connectivity index (χ1v) is 10.1. The van der Waals surface area contributed by atoms with E-state index in [0.29, 0.717) is 19.5 Å². The molecule has 0 aliphatic carbocycles. The molecule has 1 fully saturated rings. The lowest BCUT2D eigenvalue weighted by Gasteiger charge is -2.36. The summed E-state index contributed by atoms with van der Waals surface area (Å²) >= 11 is 0. The minimum atomic E-state index is -3.24. The van der Waals surface area contributed by atoms with Crippen molar-refractivity contribution in [3.8, 4) is 0 Å². The number of benzene rings is 1. The number of amides is 1. The van der Waals surface area contributed by atoms with Crippen molar-refractivity contribution in [1.29, 1.82) is 0 Å². The SMILES string of the molecule is CS(=O)(=O)NC[C@@H]1CCCCN1C(=O)Cc1c[nH]c2ccccc12. The summed E-state index contributed by atoms with van der Waals surface area (Å²) in [6.45, 7) is 0.982. The van der Waals surface area contributed by atoms with E-state index in [9.17, 15) is 13.2 Å². The van der Waals surface area contributed by atoms with Crippen molar-refractivity contribution in [2.45, 2.75) is 31.7 Å². The minimum Gasteiger partial charge on any atom is -0.361 e. The van der Waals surface area contributed by atoms with Crippen molar-refractivity contribution in [1.82, 2.24) is 14.6 Å². The zero-order valence-electron chi connectivity index (χ0n) is 13.8. The summed E-state index contributed by atoms with van der Waals surface area (Å²) in [4.78, 5) is 17.8. The highest BCUT2D eigenvalue weighted by Gasteiger charge is 2.27. The summed E-state index contributed by atoms with van der Waals surface area (Å²) in [6.07, 6.45) is 6.19. The van der Waals surface area contributed by atoms with Crippen LogP contribution in [0, 0.1) is 0 Å². The first-order valence-electron chi connectivity index (χ1n) is 8.23. The number of piperidine rings is 1. The van der Waals surface area contributed by atoms with E-state index in [2.05, 4.69) is 9.71 Å². The normalized spacial score (nSPS) is 18.9. The van der Waals surface area contributed by atoms with E-state index in [1.54, 1.807) is 0 Å². The van der Waals surface area contributed by atoms with Gasteiger partial charge in [-0.25, -0.2) is 13.1 Å². The Morgan fingerprint density at radius 2 is 2.12 bits per heavy atom. The molecule has 1 aromatic carbocycles. The Bertz CT molecular complexity index is 828. The van der Waals surface area contributed by atoms with E-state index >= 15 is 0 Å². The summed E-state index contributed by atoms with van der Waals surface area (Å²) in [5, 5.41) is 1.06. The second-order valence-electron chi connectivity index (χ2n) is 6.39. The molecule has 0 bridgehead atoms. The molecular weight excluding hydrogens is 326 g/mol. The molecule has 1 aliphatic rings. The molecule has 0 saturated carbocycles. The van der Waals surface area contributed by atoms with Crippen molar-refractivity contribution < 1.29 is 13.2 Å². The maximum absolute atomic E-state index is 12.8. The van der Waals surface area contributed by atoms with Gasteiger partial charge in [0, 0.05) is 36.2 Å². The number of fused-ring (bicyclic) bond motifs is 1. The van der Waals surface area contributed by atoms with Crippen LogP contribution in [0.1, 0.15) is 24.8 Å². The number of H-pyrrole nitrogens is 1. The maximum atomic E-state index is 12.8. The highest BCUT2D eigenvalue weighted by atomic mass is 32.2. The van der Waals surface area contributed by atoms with Crippen LogP contribution in [0.2, 0.25) is 0 Å². The molecule has 2 N–H and O–H groups in total. The standard InChI is InChI=1S/C17H23N3O3S/c1-24(22,23)19-12-14-6-4-5-9-20(14)17(21)10-13-11-18-16-8-3-2-7-15(13)16/h2-3,7-8,11,14,18-19H,4-6,9-10,12H2,1H3/t14-/m0/s1. The van der Waals surface area contributed by atoms with E-state index in [1.165, 1.54) is 0 Å². The lowest BCUT2D eigenvalue weighted by atomic mass is 10.0. The fraction of sp³-hybridized carbons (Fsp3) is 0.471. The molecule has 24 heavy (non-hydrogen) atoms. The lowest BCUT2D eigenvalue weighted by molar-refractivity contribution is -0.133. The van der Waals surface area contributed by atoms with E-state index in [4.69, 9.17) is 0 Å². The summed E-state index contributed by atoms with van der Waals surface area (Å²) in [6, 6.07) is 7.86. The van der Waals surface area contributed by atoms with E-state index in [0.717, 1.165) is 42.0 Å². The Hall–Kier alpha value is -1.86. The lowest BCUT2D eigenvalue weighted by Crippen LogP contribution is -2.49. The molecule has 1 aliphatic heterocycles. The number of aromatic amines is 1. The van der Waals surface area contributed by atoms with Gasteiger partial charge in [-0.05, 0) is 30.9 Å². The number of nitrogens with one attached hydrogen (secondary N) is 2. The number of carbonyl (C=O) groups is 1. The zero-order chi connectivity index (χ0) is 17.2. The first-order chi connectivity index (χ1) is 11.4. The molecule has 1 amide bonds. The topological polar surface area (TPSA) is 82.3 Å². The monoisotopic (exact) mass is 349 g/mol. The van der Waals surface area contributed by atoms with Crippen LogP contribution in [0.4, 0.5) is 0 Å². The summed E-state index contributed by atoms with van der Waals surface area (Å²) < 4.78 is 25.2. The highest BCUT2D eigenvalue weighted by molar-refractivity contribution is 7.88. The van der Waals surface area contributed by atoms with Gasteiger partial charge in [0.1, 0.15) is 0 Å². The fourth-order valence-electron chi connectivity index (χ4n) is 3.33. The largest absolute Gasteiger partial charge is 0.361 e. The van der Waals surface area contributed by atoms with Crippen LogP contribution in [-0.4, -0.2) is 49.6 Å². The minimum absolute atomic E-state index is 0.0553. The van der Waals surface area contributed by atoms with Crippen LogP contribution in [0.5, 0.6) is 0 Å². The molecule has 130 valence electrons. The molecule has 0 radical (unpaired) electrons. The number of carbonyl (C=O) groups excluding carboxylic acids is 1. The molecule has 3 rings (SSSR count). The van der Waals surface area contributed by atoms with Gasteiger partial charge in [0.05, 0.1) is 12.7 Å². The third kappa shape index (κ3) is 3.96. The van der Waals surface area contributed by atoms with E-state index in [-0.39, 0.29) is 11.9 Å². The van der Waals surface area contributed by atoms with Crippen molar-refractivity contribution >= 4 is 26.8 Å². The predicted molar refractivity (Wildman–Crippen MR) is 94.2 cm³/mol. The van der Waals surface area contributed by atoms with Gasteiger partial charge in [0.15, 0.2) is 0 Å². The Balaban J connectivity index is 1.72. The molecule has 2 heterocycles. The Morgan fingerprint density at radius 3 is 2.92 bits per heavy atom. The third-order valence-corrected chi connectivity index (χ3v) is 5.24. The quantitative estimate of drug-likeness (QED) is 0.861. The van der Waals surface area contributed by atoms with Gasteiger partial charge in [0.25, 0.3) is 0 Å². The van der Waals surface area contributed by atoms with E-state index in [1.807, 2.05) is 35.4 Å². The van der Waals surface area contributed by atoms with Gasteiger partial charge in [-0.2, -0.15) is 0 Å². The van der Waals surface area contributed by atoms with Gasteiger partial charge in [-0.3, -0.25) is 4.79 Å². The Labute approximate surface area is 142 Å². The molecule has 6 nitrogen and oxygen atoms in total. The number of para-hydroxylation sites is 1. The van der Waals surface area contributed by atoms with Gasteiger partial charge < -0.3 is 9.88 Å². The summed E-state index contributed by atoms with van der Waals surface area (Å²) in [5.41, 5.74) is 2.00. The maximum Gasteiger partial charge on any atom is 0.227 e. The van der Waals surface area contributed by atoms with Crippen molar-refractivity contribution in [2.75, 3.05) is 19.3 Å². The van der Waals surface area contributed by atoms with Crippen LogP contribution in [0.25, 0.3) is 10.9 Å². The van der Waals surface area contributed by atoms with Crippen LogP contribution < -0.4 is 4.72 Å². The molecule has 0 spiro atoms. The fourth-order valence-corrected chi connectivity index (χ4v) is 3.83. The zero-order valence-corrected chi connectivity index (χ0v) is 14.6. The predicted octanol–water partition coefficient (Wildman–Crippen LogP) is 1.64. The number of rotatable bonds is 5. The number of likely N-dealkylation sites (tertiary alicyclic amines) is 1. The number of aromatic nitrogens is 1. The second kappa shape index (κ2) is 6.94. The van der Waals surface area contributed by atoms with Gasteiger partial charge in [-0.15, -0.1) is 0 Å². The number of sulfonamides is 1. The Kier molecular flexibility index (Phi) is 4.91. The summed E-state index contributed by atoms with van der Waals surface area (Å²) in [7, 11) is -3.24. The third-order valence-electron chi connectivity index (χ3n) is 4.55. The van der Waals surface area contributed by atoms with Crippen molar-refractivity contribution in [3.05, 3.63) is 36.0 Å². The van der Waals surface area contributed by atoms with Gasteiger partial charge in [0.2, 0.25) is 15.9 Å². The van der Waals surface area contributed by atoms with Crippen LogP contribution in [0.15, 0.2) is 30.5 Å². The molecule has 1 aromatic heterocycles. The smallest absolute Gasteiger partial charge is 0.227 e. The number of nitrogens with zero attached hydrogens (tertiary/aromatic N) is 1. The first kappa shape index (κ1) is 17.0. The van der Waals surface area contributed by atoms with Crippen LogP contribution >= 0.6 is 0 Å². The molecule has 0 unspecified atom stereocenters. The molecule has 1 saturated heterocycles. The summed E-state index contributed by atoms with van der Waals surface area (Å²) in [5.74, 6) is 0.0553. The van der Waals surface area contributed by atoms with Crippen molar-refractivity contribution in [3.63, 3.8) is 0 Å². The molecule has 1 atom stereocenters. The van der Waals surface area contributed by atoms with Crippen LogP contribution in [-0.2, 0) is 21.2 Å². The highest BCUT2D eigenvalue weighted by Crippen LogP contribution is 2.22. The number of hydrogen-bond donors (Lipinski definition) is 2. The van der Waals surface area contributed by atoms with Crippen molar-refractivity contribution in [2.24, 2.45) is 0 Å².